The average molecular weight is 213 g/mol. The molecule has 0 saturated carbocycles. The Morgan fingerprint density at radius 3 is 2.80 bits per heavy atom. The van der Waals surface area contributed by atoms with E-state index < -0.39 is 11.7 Å². The predicted octanol–water partition coefficient (Wildman–Crippen LogP) is 0.572. The van der Waals surface area contributed by atoms with Crippen LogP contribution in [0, 0.1) is 5.82 Å². The number of benzene rings is 1. The Kier molecular flexibility index (Phi) is 4.05. The Morgan fingerprint density at radius 2 is 2.20 bits per heavy atom. The topological polar surface area (TPSA) is 72.6 Å². The van der Waals surface area contributed by atoms with Crippen molar-refractivity contribution < 1.29 is 19.0 Å². The third kappa shape index (κ3) is 3.95. The van der Waals surface area contributed by atoms with Crippen LogP contribution in [0.2, 0.25) is 0 Å². The number of nitrogens with two attached hydrogens (primary N) is 1. The number of carbonyl (C=O) groups is 1. The van der Waals surface area contributed by atoms with Crippen LogP contribution in [0.15, 0.2) is 18.2 Å². The van der Waals surface area contributed by atoms with Crippen molar-refractivity contribution in [1.82, 2.24) is 0 Å². The number of carbonyl (C=O) groups excluding carboxylic acids is 1. The van der Waals surface area contributed by atoms with Crippen LogP contribution in [-0.2, 0) is 11.4 Å². The molecule has 0 atom stereocenters. The SMILES string of the molecule is NC(=O)CCOc1cc(F)cc(CO)c1. The maximum absolute atomic E-state index is 12.9. The van der Waals surface area contributed by atoms with E-state index in [0.717, 1.165) is 0 Å². The van der Waals surface area contributed by atoms with Crippen LogP contribution in [0.25, 0.3) is 0 Å². The molecule has 1 aromatic rings. The van der Waals surface area contributed by atoms with Crippen molar-refractivity contribution in [2.24, 2.45) is 5.73 Å². The number of amides is 1. The van der Waals surface area contributed by atoms with E-state index in [9.17, 15) is 9.18 Å². The van der Waals surface area contributed by atoms with Gasteiger partial charge in [-0.1, -0.05) is 0 Å². The first-order chi connectivity index (χ1) is 7.11. The zero-order valence-corrected chi connectivity index (χ0v) is 8.07. The lowest BCUT2D eigenvalue weighted by molar-refractivity contribution is -0.118. The van der Waals surface area contributed by atoms with Gasteiger partial charge in [0.05, 0.1) is 19.6 Å². The first-order valence-corrected chi connectivity index (χ1v) is 4.43. The van der Waals surface area contributed by atoms with Crippen LogP contribution in [0.5, 0.6) is 5.75 Å². The molecule has 0 saturated heterocycles. The summed E-state index contributed by atoms with van der Waals surface area (Å²) in [5.41, 5.74) is 5.33. The molecular weight excluding hydrogens is 201 g/mol. The Bertz CT molecular complexity index is 355. The summed E-state index contributed by atoms with van der Waals surface area (Å²) in [6.07, 6.45) is 0.0744. The van der Waals surface area contributed by atoms with E-state index in [1.54, 1.807) is 0 Å². The van der Waals surface area contributed by atoms with Gasteiger partial charge in [0.25, 0.3) is 0 Å². The van der Waals surface area contributed by atoms with Crippen molar-refractivity contribution in [3.8, 4) is 5.75 Å². The lowest BCUT2D eigenvalue weighted by atomic mass is 10.2. The summed E-state index contributed by atoms with van der Waals surface area (Å²) in [5.74, 6) is -0.690. The van der Waals surface area contributed by atoms with Gasteiger partial charge >= 0.3 is 0 Å². The largest absolute Gasteiger partial charge is 0.493 e. The van der Waals surface area contributed by atoms with Gasteiger partial charge in [-0.2, -0.15) is 0 Å². The fourth-order valence-corrected chi connectivity index (χ4v) is 1.06. The Labute approximate surface area is 86.5 Å². The summed E-state index contributed by atoms with van der Waals surface area (Å²) in [7, 11) is 0. The molecule has 0 radical (unpaired) electrons. The first kappa shape index (κ1) is 11.5. The minimum atomic E-state index is -0.490. The highest BCUT2D eigenvalue weighted by atomic mass is 19.1. The molecule has 4 nitrogen and oxygen atoms in total. The van der Waals surface area contributed by atoms with Crippen molar-refractivity contribution >= 4 is 5.91 Å². The molecule has 1 rings (SSSR count). The molecule has 1 amide bonds. The van der Waals surface area contributed by atoms with Gasteiger partial charge < -0.3 is 15.6 Å². The van der Waals surface area contributed by atoms with E-state index in [2.05, 4.69) is 0 Å². The second-order valence-electron chi connectivity index (χ2n) is 3.02. The van der Waals surface area contributed by atoms with Crippen LogP contribution in [0.1, 0.15) is 12.0 Å². The van der Waals surface area contributed by atoms with Crippen molar-refractivity contribution in [3.05, 3.63) is 29.6 Å². The summed E-state index contributed by atoms with van der Waals surface area (Å²) in [4.78, 5) is 10.4. The van der Waals surface area contributed by atoms with Gasteiger partial charge in [0.2, 0.25) is 5.91 Å². The Balaban J connectivity index is 2.60. The molecule has 0 aliphatic carbocycles. The van der Waals surface area contributed by atoms with E-state index >= 15 is 0 Å². The number of hydrogen-bond donors (Lipinski definition) is 2. The van der Waals surface area contributed by atoms with Gasteiger partial charge in [-0.25, -0.2) is 4.39 Å². The number of aliphatic hydroxyl groups is 1. The molecule has 0 aromatic heterocycles. The fraction of sp³-hybridized carbons (Fsp3) is 0.300. The molecular formula is C10H12FNO3. The van der Waals surface area contributed by atoms with E-state index in [0.29, 0.717) is 5.56 Å². The molecule has 0 fully saturated rings. The van der Waals surface area contributed by atoms with E-state index in [1.807, 2.05) is 0 Å². The maximum Gasteiger partial charge on any atom is 0.220 e. The lowest BCUT2D eigenvalue weighted by Crippen LogP contribution is -2.14. The zero-order valence-electron chi connectivity index (χ0n) is 8.07. The minimum absolute atomic E-state index is 0.0744. The van der Waals surface area contributed by atoms with Crippen molar-refractivity contribution in [2.45, 2.75) is 13.0 Å². The van der Waals surface area contributed by atoms with Crippen LogP contribution in [-0.4, -0.2) is 17.6 Å². The lowest BCUT2D eigenvalue weighted by Gasteiger charge is -2.06. The van der Waals surface area contributed by atoms with Gasteiger partial charge in [0, 0.05) is 6.07 Å². The highest BCUT2D eigenvalue weighted by molar-refractivity contribution is 5.73. The molecule has 3 N–H and O–H groups in total. The van der Waals surface area contributed by atoms with Crippen LogP contribution < -0.4 is 10.5 Å². The third-order valence-electron chi connectivity index (χ3n) is 1.73. The smallest absolute Gasteiger partial charge is 0.220 e. The summed E-state index contributed by atoms with van der Waals surface area (Å²) < 4.78 is 18.0. The molecule has 1 aromatic carbocycles. The number of ether oxygens (including phenoxy) is 1. The zero-order chi connectivity index (χ0) is 11.3. The Morgan fingerprint density at radius 1 is 1.47 bits per heavy atom. The highest BCUT2D eigenvalue weighted by Gasteiger charge is 2.02. The third-order valence-corrected chi connectivity index (χ3v) is 1.73. The van der Waals surface area contributed by atoms with Gasteiger partial charge in [-0.05, 0) is 17.7 Å². The normalized spacial score (nSPS) is 10.0. The first-order valence-electron chi connectivity index (χ1n) is 4.43. The quantitative estimate of drug-likeness (QED) is 0.751. The molecule has 0 heterocycles. The van der Waals surface area contributed by atoms with Crippen LogP contribution >= 0.6 is 0 Å². The molecule has 15 heavy (non-hydrogen) atoms. The molecule has 0 aliphatic heterocycles. The molecule has 0 aliphatic rings. The van der Waals surface area contributed by atoms with Crippen LogP contribution in [0.3, 0.4) is 0 Å². The number of aliphatic hydroxyl groups excluding tert-OH is 1. The van der Waals surface area contributed by atoms with Crippen molar-refractivity contribution in [2.75, 3.05) is 6.61 Å². The maximum atomic E-state index is 12.9. The fourth-order valence-electron chi connectivity index (χ4n) is 1.06. The van der Waals surface area contributed by atoms with Gasteiger partial charge in [0.15, 0.2) is 0 Å². The second kappa shape index (κ2) is 5.31. The number of hydrogen-bond acceptors (Lipinski definition) is 3. The standard InChI is InChI=1S/C10H12FNO3/c11-8-3-7(6-13)4-9(5-8)15-2-1-10(12)14/h3-5,13H,1-2,6H2,(H2,12,14). The molecule has 82 valence electrons. The van der Waals surface area contributed by atoms with Gasteiger partial charge in [0.1, 0.15) is 11.6 Å². The van der Waals surface area contributed by atoms with Gasteiger partial charge in [-0.15, -0.1) is 0 Å². The van der Waals surface area contributed by atoms with Gasteiger partial charge in [-0.3, -0.25) is 4.79 Å². The number of halogens is 1. The number of rotatable bonds is 5. The van der Waals surface area contributed by atoms with E-state index in [4.69, 9.17) is 15.6 Å². The summed E-state index contributed by atoms with van der Waals surface area (Å²) in [6.45, 7) is -0.159. The molecule has 5 heteroatoms. The Hall–Kier alpha value is -1.62. The molecule has 0 bridgehead atoms. The summed E-state index contributed by atoms with van der Waals surface area (Å²) in [6, 6.07) is 3.89. The van der Waals surface area contributed by atoms with E-state index in [1.165, 1.54) is 18.2 Å². The predicted molar refractivity (Wildman–Crippen MR) is 51.6 cm³/mol. The minimum Gasteiger partial charge on any atom is -0.493 e. The van der Waals surface area contributed by atoms with E-state index in [-0.39, 0.29) is 25.4 Å². The van der Waals surface area contributed by atoms with Crippen molar-refractivity contribution in [1.29, 1.82) is 0 Å². The van der Waals surface area contributed by atoms with Crippen LogP contribution in [0.4, 0.5) is 4.39 Å². The average Bonchev–Trinajstić information content (AvgIpc) is 2.16. The highest BCUT2D eigenvalue weighted by Crippen LogP contribution is 2.16. The molecule has 0 unspecified atom stereocenters. The summed E-state index contributed by atoms with van der Waals surface area (Å²) in [5, 5.41) is 8.80. The summed E-state index contributed by atoms with van der Waals surface area (Å²) >= 11 is 0. The second-order valence-corrected chi connectivity index (χ2v) is 3.02. The number of primary amides is 1. The molecule has 0 spiro atoms. The van der Waals surface area contributed by atoms with Crippen molar-refractivity contribution in [3.63, 3.8) is 0 Å². The monoisotopic (exact) mass is 213 g/mol.